The minimum Gasteiger partial charge on any atom is -0.384 e. The summed E-state index contributed by atoms with van der Waals surface area (Å²) in [6.07, 6.45) is 5.85. The first kappa shape index (κ1) is 21.1. The number of nitriles is 1. The van der Waals surface area contributed by atoms with Crippen molar-refractivity contribution in [2.45, 2.75) is 0 Å². The Morgan fingerprint density at radius 3 is 2.18 bits per heavy atom. The van der Waals surface area contributed by atoms with Crippen LogP contribution in [0.2, 0.25) is 10.0 Å². The molecule has 0 aliphatic heterocycles. The summed E-state index contributed by atoms with van der Waals surface area (Å²) >= 11 is 13.4. The molecule has 2 N–H and O–H groups in total. The van der Waals surface area contributed by atoms with Gasteiger partial charge in [-0.3, -0.25) is 9.20 Å². The predicted molar refractivity (Wildman–Crippen MR) is 135 cm³/mol. The minimum absolute atomic E-state index is 0.154. The van der Waals surface area contributed by atoms with Crippen LogP contribution >= 0.6 is 34.5 Å². The third-order valence-electron chi connectivity index (χ3n) is 5.37. The first-order valence-electron chi connectivity index (χ1n) is 9.62. The summed E-state index contributed by atoms with van der Waals surface area (Å²) in [4.78, 5) is 18.0. The lowest BCUT2D eigenvalue weighted by atomic mass is 9.95. The van der Waals surface area contributed by atoms with Crippen molar-refractivity contribution >= 4 is 56.2 Å². The highest BCUT2D eigenvalue weighted by atomic mass is 35.5. The molecule has 0 amide bonds. The topological polar surface area (TPSA) is 84.2 Å². The Morgan fingerprint density at radius 1 is 1.00 bits per heavy atom. The number of nitrogen functional groups attached to an aromatic ring is 1. The van der Waals surface area contributed by atoms with Crippen LogP contribution in [0, 0.1) is 23.7 Å². The fourth-order valence-corrected chi connectivity index (χ4v) is 5.22. The van der Waals surface area contributed by atoms with Crippen LogP contribution < -0.4 is 11.3 Å². The number of hydrogen-bond donors (Lipinski definition) is 1. The molecule has 2 aromatic carbocycles. The lowest BCUT2D eigenvalue weighted by Crippen LogP contribution is -2.15. The molecule has 0 saturated carbocycles. The fraction of sp³-hybridized carbons (Fsp3) is 0. The molecule has 5 rings (SSSR count). The van der Waals surface area contributed by atoms with Gasteiger partial charge in [-0.25, -0.2) is 0 Å². The second-order valence-corrected chi connectivity index (χ2v) is 8.92. The van der Waals surface area contributed by atoms with Gasteiger partial charge in [-0.1, -0.05) is 53.4 Å². The number of terminal acetylenes is 1. The number of rotatable bonds is 2. The third kappa shape index (κ3) is 3.25. The van der Waals surface area contributed by atoms with Crippen LogP contribution in [-0.2, 0) is 0 Å². The van der Waals surface area contributed by atoms with Crippen molar-refractivity contribution in [1.29, 1.82) is 5.26 Å². The first-order valence-corrected chi connectivity index (χ1v) is 11.3. The number of aromatic nitrogens is 2. The Labute approximate surface area is 202 Å². The molecule has 5 aromatic rings. The Hall–Kier alpha value is -3.81. The smallest absolute Gasteiger partial charge is 0.282 e. The van der Waals surface area contributed by atoms with E-state index >= 15 is 0 Å². The minimum atomic E-state index is -0.456. The molecule has 0 radical (unpaired) electrons. The van der Waals surface area contributed by atoms with Crippen LogP contribution in [0.1, 0.15) is 11.1 Å². The summed E-state index contributed by atoms with van der Waals surface area (Å²) in [5.74, 6) is 2.84. The van der Waals surface area contributed by atoms with Crippen molar-refractivity contribution in [3.63, 3.8) is 0 Å². The van der Waals surface area contributed by atoms with E-state index in [4.69, 9.17) is 35.4 Å². The van der Waals surface area contributed by atoms with E-state index in [1.165, 1.54) is 11.3 Å². The van der Waals surface area contributed by atoms with Gasteiger partial charge in [0.2, 0.25) is 0 Å². The van der Waals surface area contributed by atoms with Gasteiger partial charge in [0.05, 0.1) is 10.9 Å². The number of hydrogen-bond acceptors (Lipinski definition) is 5. The molecule has 3 aromatic heterocycles. The zero-order valence-corrected chi connectivity index (χ0v) is 19.1. The van der Waals surface area contributed by atoms with E-state index < -0.39 is 5.56 Å². The summed E-state index contributed by atoms with van der Waals surface area (Å²) < 4.78 is 1.59. The summed E-state index contributed by atoms with van der Waals surface area (Å²) in [5.41, 5.74) is 9.36. The average molecular weight is 487 g/mol. The zero-order chi connectivity index (χ0) is 23.3. The largest absolute Gasteiger partial charge is 0.384 e. The van der Waals surface area contributed by atoms with Crippen molar-refractivity contribution < 1.29 is 0 Å². The van der Waals surface area contributed by atoms with E-state index in [2.05, 4.69) is 17.0 Å². The Morgan fingerprint density at radius 2 is 1.61 bits per heavy atom. The number of benzene rings is 2. The van der Waals surface area contributed by atoms with Crippen LogP contribution in [-0.4, -0.2) is 9.38 Å². The molecular formula is C25H12Cl2N4OS. The molecule has 0 bridgehead atoms. The van der Waals surface area contributed by atoms with Crippen LogP contribution in [0.5, 0.6) is 0 Å². The maximum Gasteiger partial charge on any atom is 0.282 e. The van der Waals surface area contributed by atoms with E-state index in [1.807, 2.05) is 17.5 Å². The van der Waals surface area contributed by atoms with Crippen LogP contribution in [0.25, 0.3) is 38.1 Å². The van der Waals surface area contributed by atoms with E-state index in [1.54, 1.807) is 40.8 Å². The van der Waals surface area contributed by atoms with Gasteiger partial charge < -0.3 is 5.73 Å². The van der Waals surface area contributed by atoms with Crippen molar-refractivity contribution in [1.82, 2.24) is 9.38 Å². The first-order chi connectivity index (χ1) is 15.9. The maximum atomic E-state index is 13.2. The second-order valence-electron chi connectivity index (χ2n) is 7.19. The fourth-order valence-electron chi connectivity index (χ4n) is 3.88. The highest BCUT2D eigenvalue weighted by Gasteiger charge is 2.23. The van der Waals surface area contributed by atoms with Gasteiger partial charge in [-0.05, 0) is 35.4 Å². The van der Waals surface area contributed by atoms with Crippen LogP contribution in [0.15, 0.2) is 58.7 Å². The monoisotopic (exact) mass is 486 g/mol. The molecular weight excluding hydrogens is 475 g/mol. The number of thiophene rings is 1. The second kappa shape index (κ2) is 7.95. The zero-order valence-electron chi connectivity index (χ0n) is 16.8. The van der Waals surface area contributed by atoms with Gasteiger partial charge in [-0.2, -0.15) is 10.2 Å². The number of nitrogens with two attached hydrogens (primary N) is 1. The van der Waals surface area contributed by atoms with Crippen molar-refractivity contribution in [3.8, 4) is 40.7 Å². The van der Waals surface area contributed by atoms with Crippen LogP contribution in [0.4, 0.5) is 5.82 Å². The van der Waals surface area contributed by atoms with E-state index in [-0.39, 0.29) is 17.0 Å². The SMILES string of the molecule is C#Cc1c(-c2ccc(Cl)cc2)c(C#N)c2nc(=O)c3c(-c4ccc(Cl)cc4)csc3n2c1N. The molecule has 0 saturated heterocycles. The molecule has 158 valence electrons. The molecule has 0 atom stereocenters. The van der Waals surface area contributed by atoms with Crippen molar-refractivity contribution in [3.05, 3.63) is 85.4 Å². The summed E-state index contributed by atoms with van der Waals surface area (Å²) in [7, 11) is 0. The standard InChI is InChI=1S/C25H12Cl2N4OS/c1-2-17-20(14-5-9-16(27)10-6-14)18(11-28)23-30-24(32)21-19(13-3-7-15(26)8-4-13)12-33-25(21)31(23)22(17)29/h1,3-10,12H,29H2. The van der Waals surface area contributed by atoms with E-state index in [9.17, 15) is 10.1 Å². The lowest BCUT2D eigenvalue weighted by molar-refractivity contribution is 1.14. The van der Waals surface area contributed by atoms with Gasteiger partial charge in [-0.15, -0.1) is 17.8 Å². The summed E-state index contributed by atoms with van der Waals surface area (Å²) in [6, 6.07) is 16.2. The number of fused-ring (bicyclic) bond motifs is 3. The van der Waals surface area contributed by atoms with Gasteiger partial charge in [0.25, 0.3) is 5.56 Å². The quantitative estimate of drug-likeness (QED) is 0.310. The maximum absolute atomic E-state index is 13.2. The van der Waals surface area contributed by atoms with E-state index in [0.717, 1.165) is 5.56 Å². The Balaban J connectivity index is 1.93. The highest BCUT2D eigenvalue weighted by molar-refractivity contribution is 7.17. The number of anilines is 1. The molecule has 0 fully saturated rings. The normalized spacial score (nSPS) is 10.9. The van der Waals surface area contributed by atoms with Gasteiger partial charge in [0.15, 0.2) is 5.65 Å². The molecule has 0 spiro atoms. The summed E-state index contributed by atoms with van der Waals surface area (Å²) in [6.45, 7) is 0. The Bertz CT molecular complexity index is 1720. The van der Waals surface area contributed by atoms with E-state index in [0.29, 0.717) is 42.5 Å². The van der Waals surface area contributed by atoms with Gasteiger partial charge in [0.1, 0.15) is 22.3 Å². The molecule has 8 heteroatoms. The number of halogens is 2. The lowest BCUT2D eigenvalue weighted by Gasteiger charge is -2.16. The number of nitrogens with zero attached hydrogens (tertiary/aromatic N) is 3. The molecule has 33 heavy (non-hydrogen) atoms. The average Bonchev–Trinajstić information content (AvgIpc) is 3.25. The molecule has 5 nitrogen and oxygen atoms in total. The number of pyridine rings is 1. The van der Waals surface area contributed by atoms with Crippen molar-refractivity contribution in [2.75, 3.05) is 5.73 Å². The molecule has 3 heterocycles. The predicted octanol–water partition coefficient (Wildman–Crippen LogP) is 5.99. The molecule has 0 aliphatic rings. The summed E-state index contributed by atoms with van der Waals surface area (Å²) in [5, 5.41) is 13.5. The third-order valence-corrected chi connectivity index (χ3v) is 6.84. The Kier molecular flexibility index (Phi) is 5.08. The molecule has 0 unspecified atom stereocenters. The van der Waals surface area contributed by atoms with Crippen LogP contribution in [0.3, 0.4) is 0 Å². The highest BCUT2D eigenvalue weighted by Crippen LogP contribution is 2.38. The van der Waals surface area contributed by atoms with Gasteiger partial charge in [0, 0.05) is 26.6 Å². The molecule has 0 aliphatic carbocycles. The van der Waals surface area contributed by atoms with Gasteiger partial charge >= 0.3 is 0 Å². The van der Waals surface area contributed by atoms with Crippen molar-refractivity contribution in [2.24, 2.45) is 0 Å².